The molecule has 9 nitrogen and oxygen atoms in total. The van der Waals surface area contributed by atoms with E-state index in [0.29, 0.717) is 16.3 Å². The molecular formula is C21H17ClN4O5S. The molecule has 0 fully saturated rings. The van der Waals surface area contributed by atoms with Gasteiger partial charge in [0.15, 0.2) is 0 Å². The van der Waals surface area contributed by atoms with Crippen molar-refractivity contribution in [3.05, 3.63) is 83.3 Å². The smallest absolute Gasteiger partial charge is 0.322 e. The molecule has 2 aromatic carbocycles. The molecule has 164 valence electrons. The standard InChI is InChI=1S/C21H17ClN4O5S/c1-26(13-17-3-2-12-30-17)32(28,29)18-10-6-14(7-11-18)19(27)23-21-25-24-20(31-21)15-4-8-16(22)9-5-15/h2-12H,13H2,1H3,(H,23,25,27). The number of amides is 1. The quantitative estimate of drug-likeness (QED) is 0.430. The highest BCUT2D eigenvalue weighted by Crippen LogP contribution is 2.22. The Morgan fingerprint density at radius 2 is 1.78 bits per heavy atom. The molecule has 32 heavy (non-hydrogen) atoms. The molecule has 0 aliphatic carbocycles. The highest BCUT2D eigenvalue weighted by Gasteiger charge is 2.22. The minimum absolute atomic E-state index is 0.0471. The van der Waals surface area contributed by atoms with Gasteiger partial charge in [0, 0.05) is 23.2 Å². The molecule has 1 N–H and O–H groups in total. The Balaban J connectivity index is 1.43. The van der Waals surface area contributed by atoms with Gasteiger partial charge in [-0.1, -0.05) is 16.7 Å². The maximum absolute atomic E-state index is 12.7. The van der Waals surface area contributed by atoms with E-state index in [1.165, 1.54) is 37.6 Å². The van der Waals surface area contributed by atoms with Gasteiger partial charge in [-0.3, -0.25) is 10.1 Å². The Bertz CT molecular complexity index is 1320. The lowest BCUT2D eigenvalue weighted by Crippen LogP contribution is -2.26. The summed E-state index contributed by atoms with van der Waals surface area (Å²) in [5, 5.41) is 10.8. The van der Waals surface area contributed by atoms with Crippen LogP contribution in [0.25, 0.3) is 11.5 Å². The van der Waals surface area contributed by atoms with Crippen LogP contribution in [0.5, 0.6) is 0 Å². The van der Waals surface area contributed by atoms with Crippen molar-refractivity contribution in [3.63, 3.8) is 0 Å². The Morgan fingerprint density at radius 1 is 1.06 bits per heavy atom. The maximum Gasteiger partial charge on any atom is 0.322 e. The topological polar surface area (TPSA) is 119 Å². The number of benzene rings is 2. The van der Waals surface area contributed by atoms with Gasteiger partial charge in [0.1, 0.15) is 5.76 Å². The van der Waals surface area contributed by atoms with Crippen LogP contribution < -0.4 is 5.32 Å². The Morgan fingerprint density at radius 3 is 2.44 bits per heavy atom. The normalized spacial score (nSPS) is 11.6. The van der Waals surface area contributed by atoms with E-state index in [0.717, 1.165) is 4.31 Å². The zero-order valence-corrected chi connectivity index (χ0v) is 18.3. The molecule has 0 saturated carbocycles. The molecule has 1 amide bonds. The van der Waals surface area contributed by atoms with Gasteiger partial charge in [0.2, 0.25) is 15.9 Å². The summed E-state index contributed by atoms with van der Waals surface area (Å²) >= 11 is 5.86. The number of carbonyl (C=O) groups excluding carboxylic acids is 1. The van der Waals surface area contributed by atoms with Crippen LogP contribution in [0.3, 0.4) is 0 Å². The van der Waals surface area contributed by atoms with Gasteiger partial charge in [0.05, 0.1) is 17.7 Å². The van der Waals surface area contributed by atoms with Gasteiger partial charge in [-0.25, -0.2) is 8.42 Å². The number of anilines is 1. The Labute approximate surface area is 188 Å². The van der Waals surface area contributed by atoms with Crippen molar-refractivity contribution >= 4 is 33.5 Å². The fourth-order valence-corrected chi connectivity index (χ4v) is 4.08. The lowest BCUT2D eigenvalue weighted by Gasteiger charge is -2.16. The number of furan rings is 1. The minimum Gasteiger partial charge on any atom is -0.468 e. The number of carbonyl (C=O) groups is 1. The van der Waals surface area contributed by atoms with Gasteiger partial charge in [-0.05, 0) is 60.7 Å². The first-order valence-electron chi connectivity index (χ1n) is 9.32. The van der Waals surface area contributed by atoms with Crippen LogP contribution in [0.2, 0.25) is 5.02 Å². The highest BCUT2D eigenvalue weighted by molar-refractivity contribution is 7.89. The van der Waals surface area contributed by atoms with Crippen molar-refractivity contribution < 1.29 is 22.0 Å². The van der Waals surface area contributed by atoms with E-state index in [-0.39, 0.29) is 28.9 Å². The molecule has 0 aliphatic rings. The van der Waals surface area contributed by atoms with Gasteiger partial charge in [0.25, 0.3) is 5.91 Å². The van der Waals surface area contributed by atoms with Crippen LogP contribution in [0.1, 0.15) is 16.1 Å². The predicted molar refractivity (Wildman–Crippen MR) is 116 cm³/mol. The Kier molecular flexibility index (Phi) is 6.08. The molecule has 0 aliphatic heterocycles. The van der Waals surface area contributed by atoms with E-state index in [9.17, 15) is 13.2 Å². The second-order valence-corrected chi connectivity index (χ2v) is 9.22. The molecule has 0 unspecified atom stereocenters. The van der Waals surface area contributed by atoms with E-state index < -0.39 is 15.9 Å². The summed E-state index contributed by atoms with van der Waals surface area (Å²) in [5.74, 6) is 0.215. The largest absolute Gasteiger partial charge is 0.468 e. The molecule has 2 heterocycles. The summed E-state index contributed by atoms with van der Waals surface area (Å²) in [4.78, 5) is 12.5. The number of halogens is 1. The summed E-state index contributed by atoms with van der Waals surface area (Å²) in [5.41, 5.74) is 0.875. The first kappa shape index (κ1) is 21.8. The maximum atomic E-state index is 12.7. The molecule has 4 rings (SSSR count). The lowest BCUT2D eigenvalue weighted by molar-refractivity contribution is 0.102. The Hall–Kier alpha value is -3.47. The zero-order chi connectivity index (χ0) is 22.7. The summed E-state index contributed by atoms with van der Waals surface area (Å²) in [6, 6.07) is 15.6. The first-order valence-corrected chi connectivity index (χ1v) is 11.1. The number of nitrogens with one attached hydrogen (secondary N) is 1. The van der Waals surface area contributed by atoms with Crippen LogP contribution in [-0.2, 0) is 16.6 Å². The monoisotopic (exact) mass is 472 g/mol. The predicted octanol–water partition coefficient (Wildman–Crippen LogP) is 4.06. The number of sulfonamides is 1. The van der Waals surface area contributed by atoms with Crippen LogP contribution in [0.4, 0.5) is 6.01 Å². The summed E-state index contributed by atoms with van der Waals surface area (Å²) in [6.07, 6.45) is 1.48. The molecule has 0 bridgehead atoms. The van der Waals surface area contributed by atoms with E-state index in [1.807, 2.05) is 0 Å². The van der Waals surface area contributed by atoms with E-state index in [2.05, 4.69) is 15.5 Å². The van der Waals surface area contributed by atoms with Crippen molar-refractivity contribution in [2.45, 2.75) is 11.4 Å². The number of hydrogen-bond donors (Lipinski definition) is 1. The number of aromatic nitrogens is 2. The summed E-state index contributed by atoms with van der Waals surface area (Å²) in [7, 11) is -2.30. The average Bonchev–Trinajstić information content (AvgIpc) is 3.46. The fourth-order valence-electron chi connectivity index (χ4n) is 2.82. The number of nitrogens with zero attached hydrogens (tertiary/aromatic N) is 3. The van der Waals surface area contributed by atoms with Gasteiger partial charge in [-0.15, -0.1) is 5.10 Å². The van der Waals surface area contributed by atoms with E-state index in [4.69, 9.17) is 20.4 Å². The fraction of sp³-hybridized carbons (Fsp3) is 0.0952. The third-order valence-electron chi connectivity index (χ3n) is 4.52. The third-order valence-corrected chi connectivity index (χ3v) is 6.59. The van der Waals surface area contributed by atoms with Gasteiger partial charge in [-0.2, -0.15) is 4.31 Å². The highest BCUT2D eigenvalue weighted by atomic mass is 35.5. The molecule has 0 saturated heterocycles. The van der Waals surface area contributed by atoms with Crippen LogP contribution in [0, 0.1) is 0 Å². The minimum atomic E-state index is -3.76. The van der Waals surface area contributed by atoms with Crippen LogP contribution >= 0.6 is 11.6 Å². The molecule has 2 aromatic heterocycles. The van der Waals surface area contributed by atoms with Crippen molar-refractivity contribution in [1.82, 2.24) is 14.5 Å². The summed E-state index contributed by atoms with van der Waals surface area (Å²) in [6.45, 7) is 0.0880. The van der Waals surface area contributed by atoms with E-state index >= 15 is 0 Å². The number of rotatable bonds is 7. The van der Waals surface area contributed by atoms with Gasteiger partial charge >= 0.3 is 6.01 Å². The van der Waals surface area contributed by atoms with Crippen molar-refractivity contribution in [2.75, 3.05) is 12.4 Å². The van der Waals surface area contributed by atoms with Crippen LogP contribution in [-0.4, -0.2) is 35.9 Å². The summed E-state index contributed by atoms with van der Waals surface area (Å²) < 4.78 is 37.3. The van der Waals surface area contributed by atoms with E-state index in [1.54, 1.807) is 36.4 Å². The second-order valence-electron chi connectivity index (χ2n) is 6.74. The second kappa shape index (κ2) is 8.95. The number of hydrogen-bond acceptors (Lipinski definition) is 7. The van der Waals surface area contributed by atoms with Crippen molar-refractivity contribution in [3.8, 4) is 11.5 Å². The molecule has 0 spiro atoms. The van der Waals surface area contributed by atoms with Gasteiger partial charge < -0.3 is 8.83 Å². The molecule has 0 atom stereocenters. The first-order chi connectivity index (χ1) is 15.3. The zero-order valence-electron chi connectivity index (χ0n) is 16.7. The molecule has 4 aromatic rings. The molecule has 11 heteroatoms. The van der Waals surface area contributed by atoms with Crippen molar-refractivity contribution in [2.24, 2.45) is 0 Å². The van der Waals surface area contributed by atoms with Crippen molar-refractivity contribution in [1.29, 1.82) is 0 Å². The third kappa shape index (κ3) is 4.72. The molecule has 0 radical (unpaired) electrons. The molecular weight excluding hydrogens is 456 g/mol. The lowest BCUT2D eigenvalue weighted by atomic mass is 10.2. The SMILES string of the molecule is CN(Cc1ccco1)S(=O)(=O)c1ccc(C(=O)Nc2nnc(-c3ccc(Cl)cc3)o2)cc1. The average molecular weight is 473 g/mol. The van der Waals surface area contributed by atoms with Crippen LogP contribution in [0.15, 0.2) is 80.7 Å².